The lowest BCUT2D eigenvalue weighted by Gasteiger charge is -2.04. The maximum absolute atomic E-state index is 11.4. The Morgan fingerprint density at radius 2 is 2.12 bits per heavy atom. The van der Waals surface area contributed by atoms with Gasteiger partial charge in [0.05, 0.1) is 12.2 Å². The van der Waals surface area contributed by atoms with Gasteiger partial charge in [0.2, 0.25) is 0 Å². The smallest absolute Gasteiger partial charge is 0.373 e. The van der Waals surface area contributed by atoms with E-state index in [1.807, 2.05) is 19.9 Å². The first-order valence-corrected chi connectivity index (χ1v) is 5.22. The normalized spacial score (nSPS) is 10.1. The number of ether oxygens (including phenoxy) is 1. The van der Waals surface area contributed by atoms with E-state index in [-0.39, 0.29) is 6.61 Å². The van der Waals surface area contributed by atoms with Gasteiger partial charge in [-0.05, 0) is 26.0 Å². The first kappa shape index (κ1) is 12.7. The third-order valence-electron chi connectivity index (χ3n) is 1.90. The quantitative estimate of drug-likeness (QED) is 0.422. The topological polar surface area (TPSA) is 44.8 Å². The van der Waals surface area contributed by atoms with Gasteiger partial charge in [0.25, 0.3) is 0 Å². The predicted octanol–water partition coefficient (Wildman–Crippen LogP) is 2.12. The summed E-state index contributed by atoms with van der Waals surface area (Å²) in [6, 6.07) is 7.13. The number of aryl methyl sites for hydroxylation is 1. The Labute approximate surface area is 95.1 Å². The Bertz CT molecular complexity index is 336. The fraction of sp³-hybridized carbons (Fsp3) is 0.417. The second-order valence-corrected chi connectivity index (χ2v) is 3.26. The van der Waals surface area contributed by atoms with E-state index in [1.165, 1.54) is 0 Å². The van der Waals surface area contributed by atoms with Gasteiger partial charge in [-0.2, -0.15) is 4.89 Å². The number of rotatable bonds is 6. The molecule has 0 aliphatic rings. The molecular formula is C12H16O4. The van der Waals surface area contributed by atoms with Gasteiger partial charge in [-0.15, -0.1) is 0 Å². The van der Waals surface area contributed by atoms with Gasteiger partial charge in [-0.1, -0.05) is 17.7 Å². The molecule has 88 valence electrons. The number of hydrogen-bond donors (Lipinski definition) is 0. The highest BCUT2D eigenvalue weighted by atomic mass is 17.2. The zero-order valence-corrected chi connectivity index (χ0v) is 9.56. The van der Waals surface area contributed by atoms with Gasteiger partial charge in [-0.25, -0.2) is 4.79 Å². The van der Waals surface area contributed by atoms with Crippen molar-refractivity contribution in [3.63, 3.8) is 0 Å². The van der Waals surface area contributed by atoms with Crippen molar-refractivity contribution in [3.05, 3.63) is 35.4 Å². The van der Waals surface area contributed by atoms with E-state index >= 15 is 0 Å². The molecular weight excluding hydrogens is 208 g/mol. The number of hydrogen-bond acceptors (Lipinski definition) is 4. The zero-order chi connectivity index (χ0) is 11.8. The maximum atomic E-state index is 11.4. The standard InChI is InChI=1S/C12H16O4/c1-3-14-7-8-15-16-12(13)11-6-4-5-10(2)9-11/h4-6,9H,3,7-8H2,1-2H3. The van der Waals surface area contributed by atoms with Crippen molar-refractivity contribution < 1.29 is 19.3 Å². The third-order valence-corrected chi connectivity index (χ3v) is 1.90. The molecule has 1 aromatic carbocycles. The highest BCUT2D eigenvalue weighted by Gasteiger charge is 2.07. The van der Waals surface area contributed by atoms with Crippen molar-refractivity contribution in [1.29, 1.82) is 0 Å². The van der Waals surface area contributed by atoms with Crippen LogP contribution in [-0.2, 0) is 14.5 Å². The summed E-state index contributed by atoms with van der Waals surface area (Å²) in [5.41, 5.74) is 1.49. The Balaban J connectivity index is 2.30. The summed E-state index contributed by atoms with van der Waals surface area (Å²) >= 11 is 0. The molecule has 0 fully saturated rings. The molecule has 16 heavy (non-hydrogen) atoms. The summed E-state index contributed by atoms with van der Waals surface area (Å²) in [5, 5.41) is 0. The van der Waals surface area contributed by atoms with Crippen LogP contribution in [0.25, 0.3) is 0 Å². The first-order chi connectivity index (χ1) is 7.74. The molecule has 0 aromatic heterocycles. The highest BCUT2D eigenvalue weighted by molar-refractivity contribution is 5.89. The van der Waals surface area contributed by atoms with Crippen LogP contribution >= 0.6 is 0 Å². The molecule has 0 N–H and O–H groups in total. The molecule has 0 aliphatic carbocycles. The Kier molecular flexibility index (Phi) is 5.53. The van der Waals surface area contributed by atoms with Gasteiger partial charge < -0.3 is 4.74 Å². The maximum Gasteiger partial charge on any atom is 0.373 e. The molecule has 1 rings (SSSR count). The Morgan fingerprint density at radius 1 is 1.31 bits per heavy atom. The monoisotopic (exact) mass is 224 g/mol. The molecule has 0 aliphatic heterocycles. The van der Waals surface area contributed by atoms with Crippen LogP contribution in [0.2, 0.25) is 0 Å². The minimum absolute atomic E-state index is 0.241. The third kappa shape index (κ3) is 4.42. The van der Waals surface area contributed by atoms with Crippen LogP contribution in [0.15, 0.2) is 24.3 Å². The van der Waals surface area contributed by atoms with Crippen LogP contribution in [0, 0.1) is 6.92 Å². The SMILES string of the molecule is CCOCCOOC(=O)c1cccc(C)c1. The molecule has 0 radical (unpaired) electrons. The Hall–Kier alpha value is -1.39. The van der Waals surface area contributed by atoms with Crippen molar-refractivity contribution in [2.24, 2.45) is 0 Å². The molecule has 0 unspecified atom stereocenters. The molecule has 0 saturated carbocycles. The van der Waals surface area contributed by atoms with Crippen molar-refractivity contribution in [3.8, 4) is 0 Å². The summed E-state index contributed by atoms with van der Waals surface area (Å²) in [5.74, 6) is -0.486. The fourth-order valence-corrected chi connectivity index (χ4v) is 1.15. The van der Waals surface area contributed by atoms with Gasteiger partial charge in [-0.3, -0.25) is 4.89 Å². The summed E-state index contributed by atoms with van der Waals surface area (Å²) in [4.78, 5) is 20.8. The molecule has 0 heterocycles. The highest BCUT2D eigenvalue weighted by Crippen LogP contribution is 2.05. The molecule has 0 amide bonds. The lowest BCUT2D eigenvalue weighted by Crippen LogP contribution is -2.10. The molecule has 0 bridgehead atoms. The van der Waals surface area contributed by atoms with Gasteiger partial charge in [0.15, 0.2) is 0 Å². The van der Waals surface area contributed by atoms with E-state index in [2.05, 4.69) is 4.89 Å². The van der Waals surface area contributed by atoms with Crippen molar-refractivity contribution in [1.82, 2.24) is 0 Å². The van der Waals surface area contributed by atoms with Crippen molar-refractivity contribution >= 4 is 5.97 Å². The molecule has 4 heteroatoms. The molecule has 0 saturated heterocycles. The van der Waals surface area contributed by atoms with Crippen LogP contribution in [0.1, 0.15) is 22.8 Å². The van der Waals surface area contributed by atoms with E-state index in [0.29, 0.717) is 18.8 Å². The summed E-state index contributed by atoms with van der Waals surface area (Å²) in [7, 11) is 0. The van der Waals surface area contributed by atoms with Crippen LogP contribution < -0.4 is 0 Å². The van der Waals surface area contributed by atoms with Gasteiger partial charge >= 0.3 is 5.97 Å². The van der Waals surface area contributed by atoms with Gasteiger partial charge in [0, 0.05) is 6.61 Å². The van der Waals surface area contributed by atoms with E-state index in [9.17, 15) is 4.79 Å². The lowest BCUT2D eigenvalue weighted by atomic mass is 10.1. The van der Waals surface area contributed by atoms with Crippen LogP contribution in [0.5, 0.6) is 0 Å². The van der Waals surface area contributed by atoms with Crippen LogP contribution in [0.4, 0.5) is 0 Å². The van der Waals surface area contributed by atoms with Crippen LogP contribution in [0.3, 0.4) is 0 Å². The minimum Gasteiger partial charge on any atom is -0.379 e. The summed E-state index contributed by atoms with van der Waals surface area (Å²) in [6.07, 6.45) is 0. The minimum atomic E-state index is -0.486. The van der Waals surface area contributed by atoms with E-state index in [1.54, 1.807) is 18.2 Å². The van der Waals surface area contributed by atoms with E-state index in [0.717, 1.165) is 5.56 Å². The fourth-order valence-electron chi connectivity index (χ4n) is 1.15. The summed E-state index contributed by atoms with van der Waals surface area (Å²) < 4.78 is 5.02. The summed E-state index contributed by atoms with van der Waals surface area (Å²) in [6.45, 7) is 5.07. The zero-order valence-electron chi connectivity index (χ0n) is 9.56. The number of carbonyl (C=O) groups excluding carboxylic acids is 1. The molecule has 1 aromatic rings. The van der Waals surface area contributed by atoms with Crippen LogP contribution in [-0.4, -0.2) is 25.8 Å². The number of carbonyl (C=O) groups is 1. The molecule has 0 atom stereocenters. The van der Waals surface area contributed by atoms with E-state index < -0.39 is 5.97 Å². The first-order valence-electron chi connectivity index (χ1n) is 5.22. The average Bonchev–Trinajstić information content (AvgIpc) is 2.28. The Morgan fingerprint density at radius 3 is 2.81 bits per heavy atom. The molecule has 4 nitrogen and oxygen atoms in total. The van der Waals surface area contributed by atoms with Crippen molar-refractivity contribution in [2.45, 2.75) is 13.8 Å². The second kappa shape index (κ2) is 6.98. The largest absolute Gasteiger partial charge is 0.379 e. The molecule has 0 spiro atoms. The second-order valence-electron chi connectivity index (χ2n) is 3.26. The van der Waals surface area contributed by atoms with Crippen molar-refractivity contribution in [2.75, 3.05) is 19.8 Å². The lowest BCUT2D eigenvalue weighted by molar-refractivity contribution is -0.247. The van der Waals surface area contributed by atoms with Gasteiger partial charge in [0.1, 0.15) is 6.61 Å². The number of benzene rings is 1. The predicted molar refractivity (Wildman–Crippen MR) is 59.0 cm³/mol. The average molecular weight is 224 g/mol. The van der Waals surface area contributed by atoms with E-state index in [4.69, 9.17) is 9.62 Å².